The Hall–Kier alpha value is -0.530. The summed E-state index contributed by atoms with van der Waals surface area (Å²) < 4.78 is 0. The summed E-state index contributed by atoms with van der Waals surface area (Å²) >= 11 is 6.06. The first kappa shape index (κ1) is 10.0. The molecule has 0 saturated carbocycles. The third-order valence-corrected chi connectivity index (χ3v) is 3.06. The molecular weight excluding hydrogens is 194 g/mol. The minimum absolute atomic E-state index is 0.361. The molecule has 2 heteroatoms. The lowest BCUT2D eigenvalue weighted by atomic mass is 10.1. The molecule has 1 aliphatic heterocycles. The lowest BCUT2D eigenvalue weighted by Gasteiger charge is -2.14. The topological polar surface area (TPSA) is 3.24 Å². The van der Waals surface area contributed by atoms with E-state index in [-0.39, 0.29) is 0 Å². The zero-order valence-corrected chi connectivity index (χ0v) is 9.30. The zero-order valence-electron chi connectivity index (χ0n) is 8.54. The molecule has 1 aromatic rings. The molecule has 0 amide bonds. The highest BCUT2D eigenvalue weighted by molar-refractivity contribution is 6.20. The average Bonchev–Trinajstić information content (AvgIpc) is 2.51. The summed E-state index contributed by atoms with van der Waals surface area (Å²) in [6.07, 6.45) is 1.13. The molecule has 14 heavy (non-hydrogen) atoms. The van der Waals surface area contributed by atoms with Gasteiger partial charge in [-0.15, -0.1) is 11.6 Å². The van der Waals surface area contributed by atoms with E-state index in [2.05, 4.69) is 36.1 Å². The van der Waals surface area contributed by atoms with Crippen molar-refractivity contribution in [2.75, 3.05) is 13.1 Å². The quantitative estimate of drug-likeness (QED) is 0.678. The van der Waals surface area contributed by atoms with Crippen LogP contribution in [0, 0.1) is 6.92 Å². The van der Waals surface area contributed by atoms with E-state index in [1.165, 1.54) is 11.1 Å². The first-order chi connectivity index (χ1) is 6.74. The highest BCUT2D eigenvalue weighted by Crippen LogP contribution is 2.17. The van der Waals surface area contributed by atoms with E-state index >= 15 is 0 Å². The van der Waals surface area contributed by atoms with Gasteiger partial charge >= 0.3 is 0 Å². The van der Waals surface area contributed by atoms with Crippen LogP contribution in [-0.2, 0) is 6.54 Å². The van der Waals surface area contributed by atoms with Crippen molar-refractivity contribution >= 4 is 11.6 Å². The number of hydrogen-bond acceptors (Lipinski definition) is 1. The summed E-state index contributed by atoms with van der Waals surface area (Å²) in [7, 11) is 0. The number of benzene rings is 1. The van der Waals surface area contributed by atoms with Crippen LogP contribution in [0.4, 0.5) is 0 Å². The normalized spacial score (nSPS) is 22.9. The van der Waals surface area contributed by atoms with Gasteiger partial charge in [0.2, 0.25) is 0 Å². The molecule has 1 heterocycles. The fraction of sp³-hybridized carbons (Fsp3) is 0.500. The summed E-state index contributed by atoms with van der Waals surface area (Å²) in [4.78, 5) is 2.42. The smallest absolute Gasteiger partial charge is 0.0475 e. The summed E-state index contributed by atoms with van der Waals surface area (Å²) in [5, 5.41) is 0.361. The molecule has 0 N–H and O–H groups in total. The number of aryl methyl sites for hydroxylation is 1. The molecular formula is C12H16ClN. The van der Waals surface area contributed by atoms with Crippen molar-refractivity contribution in [1.29, 1.82) is 0 Å². The van der Waals surface area contributed by atoms with Gasteiger partial charge in [0, 0.05) is 18.5 Å². The molecule has 1 atom stereocenters. The number of nitrogens with zero attached hydrogens (tertiary/aromatic N) is 1. The van der Waals surface area contributed by atoms with Gasteiger partial charge in [0.15, 0.2) is 0 Å². The highest BCUT2D eigenvalue weighted by Gasteiger charge is 2.19. The summed E-state index contributed by atoms with van der Waals surface area (Å²) in [6.45, 7) is 5.36. The number of alkyl halides is 1. The molecule has 1 saturated heterocycles. The Kier molecular flexibility index (Phi) is 3.09. The molecule has 76 valence electrons. The Balaban J connectivity index is 1.97. The van der Waals surface area contributed by atoms with E-state index in [0.717, 1.165) is 26.1 Å². The molecule has 0 radical (unpaired) electrons. The van der Waals surface area contributed by atoms with Gasteiger partial charge in [-0.1, -0.05) is 29.8 Å². The number of likely N-dealkylation sites (tertiary alicyclic amines) is 1. The van der Waals surface area contributed by atoms with E-state index in [4.69, 9.17) is 11.6 Å². The SMILES string of the molecule is Cc1cccc(CN2CCC(Cl)C2)c1. The molecule has 0 aliphatic carbocycles. The third kappa shape index (κ3) is 2.49. The number of rotatable bonds is 2. The first-order valence-electron chi connectivity index (χ1n) is 5.16. The van der Waals surface area contributed by atoms with Crippen molar-refractivity contribution in [3.05, 3.63) is 35.4 Å². The van der Waals surface area contributed by atoms with Gasteiger partial charge in [-0.05, 0) is 25.5 Å². The summed E-state index contributed by atoms with van der Waals surface area (Å²) in [6, 6.07) is 8.70. The Morgan fingerprint density at radius 3 is 3.00 bits per heavy atom. The Morgan fingerprint density at radius 1 is 1.50 bits per heavy atom. The molecule has 1 aromatic carbocycles. The van der Waals surface area contributed by atoms with E-state index < -0.39 is 0 Å². The maximum absolute atomic E-state index is 6.06. The first-order valence-corrected chi connectivity index (χ1v) is 5.59. The lowest BCUT2D eigenvalue weighted by Crippen LogP contribution is -2.20. The molecule has 1 nitrogen and oxygen atoms in total. The van der Waals surface area contributed by atoms with E-state index in [9.17, 15) is 0 Å². The van der Waals surface area contributed by atoms with Crippen LogP contribution in [0.3, 0.4) is 0 Å². The van der Waals surface area contributed by atoms with Gasteiger partial charge in [0.1, 0.15) is 0 Å². The predicted molar refractivity (Wildman–Crippen MR) is 60.7 cm³/mol. The largest absolute Gasteiger partial charge is 0.298 e. The van der Waals surface area contributed by atoms with Gasteiger partial charge in [-0.25, -0.2) is 0 Å². The molecule has 2 rings (SSSR count). The second-order valence-electron chi connectivity index (χ2n) is 4.11. The average molecular weight is 210 g/mol. The second kappa shape index (κ2) is 4.33. The summed E-state index contributed by atoms with van der Waals surface area (Å²) in [5.41, 5.74) is 2.74. The lowest BCUT2D eigenvalue weighted by molar-refractivity contribution is 0.332. The minimum atomic E-state index is 0.361. The maximum atomic E-state index is 6.06. The Morgan fingerprint density at radius 2 is 2.36 bits per heavy atom. The van der Waals surface area contributed by atoms with E-state index in [1.807, 2.05) is 0 Å². The second-order valence-corrected chi connectivity index (χ2v) is 4.73. The van der Waals surface area contributed by atoms with E-state index in [1.54, 1.807) is 0 Å². The Bertz CT molecular complexity index is 311. The van der Waals surface area contributed by atoms with Crippen molar-refractivity contribution in [3.63, 3.8) is 0 Å². The van der Waals surface area contributed by atoms with Crippen LogP contribution in [0.15, 0.2) is 24.3 Å². The number of hydrogen-bond donors (Lipinski definition) is 0. The molecule has 0 aromatic heterocycles. The molecule has 1 aliphatic rings. The number of halogens is 1. The van der Waals surface area contributed by atoms with Gasteiger partial charge in [0.25, 0.3) is 0 Å². The summed E-state index contributed by atoms with van der Waals surface area (Å²) in [5.74, 6) is 0. The van der Waals surface area contributed by atoms with Crippen molar-refractivity contribution in [2.24, 2.45) is 0 Å². The third-order valence-electron chi connectivity index (χ3n) is 2.70. The predicted octanol–water partition coefficient (Wildman–Crippen LogP) is 2.81. The molecule has 0 spiro atoms. The van der Waals surface area contributed by atoms with Gasteiger partial charge < -0.3 is 0 Å². The van der Waals surface area contributed by atoms with Crippen LogP contribution in [0.1, 0.15) is 17.5 Å². The van der Waals surface area contributed by atoms with Crippen molar-refractivity contribution in [1.82, 2.24) is 4.90 Å². The monoisotopic (exact) mass is 209 g/mol. The van der Waals surface area contributed by atoms with Crippen LogP contribution in [0.25, 0.3) is 0 Å². The van der Waals surface area contributed by atoms with E-state index in [0.29, 0.717) is 5.38 Å². The highest BCUT2D eigenvalue weighted by atomic mass is 35.5. The molecule has 1 unspecified atom stereocenters. The molecule has 1 fully saturated rings. The molecule has 0 bridgehead atoms. The van der Waals surface area contributed by atoms with Crippen LogP contribution in [-0.4, -0.2) is 23.4 Å². The van der Waals surface area contributed by atoms with Gasteiger partial charge in [0.05, 0.1) is 0 Å². The fourth-order valence-corrected chi connectivity index (χ4v) is 2.29. The zero-order chi connectivity index (χ0) is 9.97. The van der Waals surface area contributed by atoms with Crippen LogP contribution in [0.5, 0.6) is 0 Å². The Labute approximate surface area is 90.7 Å². The van der Waals surface area contributed by atoms with Crippen LogP contribution in [0.2, 0.25) is 0 Å². The maximum Gasteiger partial charge on any atom is 0.0475 e. The van der Waals surface area contributed by atoms with Crippen molar-refractivity contribution in [3.8, 4) is 0 Å². The van der Waals surface area contributed by atoms with Gasteiger partial charge in [-0.2, -0.15) is 0 Å². The van der Waals surface area contributed by atoms with Crippen molar-refractivity contribution in [2.45, 2.75) is 25.3 Å². The van der Waals surface area contributed by atoms with Crippen molar-refractivity contribution < 1.29 is 0 Å². The fourth-order valence-electron chi connectivity index (χ4n) is 2.00. The van der Waals surface area contributed by atoms with Crippen LogP contribution < -0.4 is 0 Å². The minimum Gasteiger partial charge on any atom is -0.298 e. The standard InChI is InChI=1S/C12H16ClN/c1-10-3-2-4-11(7-10)8-14-6-5-12(13)9-14/h2-4,7,12H,5-6,8-9H2,1H3. The van der Waals surface area contributed by atoms with Crippen LogP contribution >= 0.6 is 11.6 Å². The van der Waals surface area contributed by atoms with Gasteiger partial charge in [-0.3, -0.25) is 4.90 Å².